The number of rotatable bonds is 3. The lowest BCUT2D eigenvalue weighted by atomic mass is 10.3. The standard InChI is InChI=1S/C10H11FO2S/c1-7(12)8(2)14(13)10-5-3-9(11)4-6-10/h3-6,8H,1-2H3. The summed E-state index contributed by atoms with van der Waals surface area (Å²) in [6.07, 6.45) is 0. The van der Waals surface area contributed by atoms with Crippen molar-refractivity contribution in [3.05, 3.63) is 30.1 Å². The van der Waals surface area contributed by atoms with E-state index in [1.54, 1.807) is 6.92 Å². The summed E-state index contributed by atoms with van der Waals surface area (Å²) in [5, 5.41) is -0.541. The summed E-state index contributed by atoms with van der Waals surface area (Å²) in [4.78, 5) is 11.4. The van der Waals surface area contributed by atoms with Gasteiger partial charge >= 0.3 is 0 Å². The molecule has 2 unspecified atom stereocenters. The normalized spacial score (nSPS) is 14.8. The van der Waals surface area contributed by atoms with E-state index in [-0.39, 0.29) is 11.6 Å². The Hall–Kier alpha value is -1.03. The molecule has 0 fully saturated rings. The molecule has 1 aromatic carbocycles. The minimum atomic E-state index is -1.38. The molecule has 2 atom stereocenters. The Morgan fingerprint density at radius 1 is 1.36 bits per heavy atom. The van der Waals surface area contributed by atoms with Crippen LogP contribution in [0.3, 0.4) is 0 Å². The molecule has 2 nitrogen and oxygen atoms in total. The highest BCUT2D eigenvalue weighted by Crippen LogP contribution is 2.12. The number of ketones is 1. The van der Waals surface area contributed by atoms with Crippen molar-refractivity contribution in [1.29, 1.82) is 0 Å². The van der Waals surface area contributed by atoms with Gasteiger partial charge in [0.2, 0.25) is 0 Å². The van der Waals surface area contributed by atoms with E-state index in [1.807, 2.05) is 0 Å². The van der Waals surface area contributed by atoms with E-state index in [0.717, 1.165) is 0 Å². The van der Waals surface area contributed by atoms with Gasteiger partial charge in [0.1, 0.15) is 11.6 Å². The first-order chi connectivity index (χ1) is 6.52. The Balaban J connectivity index is 2.90. The summed E-state index contributed by atoms with van der Waals surface area (Å²) in [7, 11) is -1.38. The molecule has 0 spiro atoms. The highest BCUT2D eigenvalue weighted by atomic mass is 32.2. The highest BCUT2D eigenvalue weighted by molar-refractivity contribution is 7.86. The molecule has 0 saturated carbocycles. The molecule has 0 aromatic heterocycles. The van der Waals surface area contributed by atoms with Crippen molar-refractivity contribution in [3.8, 4) is 0 Å². The summed E-state index contributed by atoms with van der Waals surface area (Å²) in [6.45, 7) is 2.99. The average Bonchev–Trinajstić information content (AvgIpc) is 2.16. The number of carbonyl (C=O) groups is 1. The highest BCUT2D eigenvalue weighted by Gasteiger charge is 2.17. The molecule has 0 aliphatic rings. The Bertz CT molecular complexity index is 359. The third-order valence-corrected chi connectivity index (χ3v) is 3.65. The fraction of sp³-hybridized carbons (Fsp3) is 0.300. The van der Waals surface area contributed by atoms with Gasteiger partial charge in [0, 0.05) is 4.90 Å². The SMILES string of the molecule is CC(=O)C(C)S(=O)c1ccc(F)cc1. The lowest BCUT2D eigenvalue weighted by molar-refractivity contribution is -0.116. The van der Waals surface area contributed by atoms with Crippen LogP contribution in [0.25, 0.3) is 0 Å². The smallest absolute Gasteiger partial charge is 0.145 e. The maximum Gasteiger partial charge on any atom is 0.145 e. The molecule has 4 heteroatoms. The zero-order valence-electron chi connectivity index (χ0n) is 7.99. The van der Waals surface area contributed by atoms with E-state index in [4.69, 9.17) is 0 Å². The molecule has 1 rings (SSSR count). The first-order valence-corrected chi connectivity index (χ1v) is 5.40. The molecule has 0 heterocycles. The Labute approximate surface area is 84.6 Å². The van der Waals surface area contributed by atoms with Crippen LogP contribution in [-0.2, 0) is 15.6 Å². The first kappa shape index (κ1) is 11.0. The number of carbonyl (C=O) groups excluding carboxylic acids is 1. The zero-order chi connectivity index (χ0) is 10.7. The Kier molecular flexibility index (Phi) is 3.52. The summed E-state index contributed by atoms with van der Waals surface area (Å²) in [5.41, 5.74) is 0. The first-order valence-electron chi connectivity index (χ1n) is 4.19. The molecular weight excluding hydrogens is 203 g/mol. The van der Waals surface area contributed by atoms with Crippen molar-refractivity contribution in [2.45, 2.75) is 24.0 Å². The lowest BCUT2D eigenvalue weighted by Crippen LogP contribution is -2.19. The van der Waals surface area contributed by atoms with Crippen LogP contribution in [0.4, 0.5) is 4.39 Å². The van der Waals surface area contributed by atoms with Crippen LogP contribution < -0.4 is 0 Å². The molecule has 0 amide bonds. The Morgan fingerprint density at radius 2 is 1.86 bits per heavy atom. The van der Waals surface area contributed by atoms with Crippen LogP contribution in [0.2, 0.25) is 0 Å². The van der Waals surface area contributed by atoms with E-state index < -0.39 is 16.0 Å². The van der Waals surface area contributed by atoms with E-state index in [2.05, 4.69) is 0 Å². The minimum Gasteiger partial charge on any atom is -0.299 e. The third kappa shape index (κ3) is 2.48. The second-order valence-corrected chi connectivity index (χ2v) is 4.78. The number of hydrogen-bond donors (Lipinski definition) is 0. The zero-order valence-corrected chi connectivity index (χ0v) is 8.81. The molecular formula is C10H11FO2S. The van der Waals surface area contributed by atoms with E-state index in [0.29, 0.717) is 4.90 Å². The molecule has 14 heavy (non-hydrogen) atoms. The fourth-order valence-electron chi connectivity index (χ4n) is 0.924. The van der Waals surface area contributed by atoms with Crippen LogP contribution in [0.1, 0.15) is 13.8 Å². The topological polar surface area (TPSA) is 34.1 Å². The van der Waals surface area contributed by atoms with Crippen LogP contribution in [0.15, 0.2) is 29.2 Å². The molecule has 0 saturated heterocycles. The van der Waals surface area contributed by atoms with E-state index in [9.17, 15) is 13.4 Å². The van der Waals surface area contributed by atoms with Gasteiger partial charge in [0.25, 0.3) is 0 Å². The van der Waals surface area contributed by atoms with E-state index >= 15 is 0 Å². The van der Waals surface area contributed by atoms with Crippen LogP contribution >= 0.6 is 0 Å². The van der Waals surface area contributed by atoms with Crippen molar-refractivity contribution in [3.63, 3.8) is 0 Å². The van der Waals surface area contributed by atoms with Gasteiger partial charge < -0.3 is 0 Å². The average molecular weight is 214 g/mol. The summed E-state index contributed by atoms with van der Waals surface area (Å²) in [5.74, 6) is -0.506. The predicted octanol–water partition coefficient (Wildman–Crippen LogP) is 1.91. The monoisotopic (exact) mass is 214 g/mol. The third-order valence-electron chi connectivity index (χ3n) is 1.94. The quantitative estimate of drug-likeness (QED) is 0.770. The van der Waals surface area contributed by atoms with Crippen molar-refractivity contribution in [1.82, 2.24) is 0 Å². The van der Waals surface area contributed by atoms with Crippen LogP contribution in [-0.4, -0.2) is 15.2 Å². The van der Waals surface area contributed by atoms with E-state index in [1.165, 1.54) is 31.2 Å². The van der Waals surface area contributed by atoms with Gasteiger partial charge in [-0.2, -0.15) is 0 Å². The number of benzene rings is 1. The van der Waals surface area contributed by atoms with Crippen molar-refractivity contribution < 1.29 is 13.4 Å². The van der Waals surface area contributed by atoms with Gasteiger partial charge in [-0.25, -0.2) is 4.39 Å². The fourth-order valence-corrected chi connectivity index (χ4v) is 2.04. The number of halogens is 1. The van der Waals surface area contributed by atoms with Crippen molar-refractivity contribution in [2.24, 2.45) is 0 Å². The van der Waals surface area contributed by atoms with Gasteiger partial charge in [-0.1, -0.05) is 0 Å². The summed E-state index contributed by atoms with van der Waals surface area (Å²) >= 11 is 0. The van der Waals surface area contributed by atoms with Crippen molar-refractivity contribution >= 4 is 16.6 Å². The second kappa shape index (κ2) is 4.46. The van der Waals surface area contributed by atoms with Crippen LogP contribution in [0, 0.1) is 5.82 Å². The van der Waals surface area contributed by atoms with Gasteiger partial charge in [-0.15, -0.1) is 0 Å². The predicted molar refractivity (Wildman–Crippen MR) is 53.0 cm³/mol. The molecule has 0 bridgehead atoms. The molecule has 0 N–H and O–H groups in total. The van der Waals surface area contributed by atoms with Gasteiger partial charge in [0.15, 0.2) is 0 Å². The molecule has 0 radical (unpaired) electrons. The van der Waals surface area contributed by atoms with Gasteiger partial charge in [0.05, 0.1) is 16.0 Å². The second-order valence-electron chi connectivity index (χ2n) is 3.00. The summed E-state index contributed by atoms with van der Waals surface area (Å²) in [6, 6.07) is 5.34. The van der Waals surface area contributed by atoms with Gasteiger partial charge in [-0.05, 0) is 38.1 Å². The van der Waals surface area contributed by atoms with Crippen molar-refractivity contribution in [2.75, 3.05) is 0 Å². The molecule has 0 aliphatic carbocycles. The molecule has 76 valence electrons. The van der Waals surface area contributed by atoms with Gasteiger partial charge in [-0.3, -0.25) is 9.00 Å². The lowest BCUT2D eigenvalue weighted by Gasteiger charge is -2.07. The number of hydrogen-bond acceptors (Lipinski definition) is 2. The van der Waals surface area contributed by atoms with Crippen LogP contribution in [0.5, 0.6) is 0 Å². The number of Topliss-reactive ketones (excluding diaryl/α,β-unsaturated/α-hetero) is 1. The molecule has 1 aromatic rings. The maximum atomic E-state index is 12.5. The minimum absolute atomic E-state index is 0.132. The largest absolute Gasteiger partial charge is 0.299 e. The maximum absolute atomic E-state index is 12.5. The summed E-state index contributed by atoms with van der Waals surface area (Å²) < 4.78 is 24.2. The Morgan fingerprint density at radius 3 is 2.29 bits per heavy atom. The molecule has 0 aliphatic heterocycles.